The van der Waals surface area contributed by atoms with Crippen molar-refractivity contribution in [3.63, 3.8) is 0 Å². The minimum Gasteiger partial charge on any atom is -0.480 e. The number of hydrogen-bond donors (Lipinski definition) is 3. The Balaban J connectivity index is 1.42. The van der Waals surface area contributed by atoms with Gasteiger partial charge in [0.15, 0.2) is 11.1 Å². The van der Waals surface area contributed by atoms with Crippen molar-refractivity contribution in [1.29, 1.82) is 0 Å². The number of likely N-dealkylation sites (tertiary alicyclic amines) is 1. The summed E-state index contributed by atoms with van der Waals surface area (Å²) in [4.78, 5) is 53.4. The minimum atomic E-state index is -5.21. The molecule has 17 heteroatoms. The van der Waals surface area contributed by atoms with Crippen LogP contribution in [0.5, 0.6) is 0 Å². The van der Waals surface area contributed by atoms with Gasteiger partial charge in [-0.3, -0.25) is 9.59 Å². The van der Waals surface area contributed by atoms with Crippen LogP contribution in [-0.4, -0.2) is 71.9 Å². The molecule has 3 heterocycles. The topological polar surface area (TPSA) is 163 Å². The molecule has 1 aromatic carbocycles. The summed E-state index contributed by atoms with van der Waals surface area (Å²) in [5.74, 6) is -7.00. The summed E-state index contributed by atoms with van der Waals surface area (Å²) in [5.41, 5.74) is -1.82. The Morgan fingerprint density at radius 2 is 1.76 bits per heavy atom. The lowest BCUT2D eigenvalue weighted by atomic mass is 9.79. The van der Waals surface area contributed by atoms with Crippen molar-refractivity contribution in [3.8, 4) is 0 Å². The highest BCUT2D eigenvalue weighted by Gasteiger charge is 2.65. The quantitative estimate of drug-likeness (QED) is 0.225. The van der Waals surface area contributed by atoms with Gasteiger partial charge in [-0.05, 0) is 42.4 Å². The summed E-state index contributed by atoms with van der Waals surface area (Å²) in [6, 6.07) is 6.31. The molecular weight excluding hydrogens is 625 g/mol. The molecule has 46 heavy (non-hydrogen) atoms. The van der Waals surface area contributed by atoms with E-state index in [1.54, 1.807) is 30.3 Å². The van der Waals surface area contributed by atoms with Crippen LogP contribution in [0, 0.1) is 11.3 Å². The lowest BCUT2D eigenvalue weighted by Crippen LogP contribution is -2.47. The number of amides is 3. The number of carbonyl (C=O) groups is 4. The molecule has 0 radical (unpaired) electrons. The van der Waals surface area contributed by atoms with E-state index in [-0.39, 0.29) is 36.4 Å². The third kappa shape index (κ3) is 6.57. The second-order valence-corrected chi connectivity index (χ2v) is 11.5. The zero-order valence-electron chi connectivity index (χ0n) is 23.9. The van der Waals surface area contributed by atoms with E-state index in [2.05, 4.69) is 15.4 Å². The number of carboxylic acid groups (broad SMARTS) is 2. The largest absolute Gasteiger partial charge is 0.480 e. The molecule has 0 bridgehead atoms. The van der Waals surface area contributed by atoms with E-state index in [9.17, 15) is 51.3 Å². The number of aliphatic carboxylic acids is 1. The highest BCUT2D eigenvalue weighted by atomic mass is 19.4. The number of hydrogen-bond acceptors (Lipinski definition) is 7. The Kier molecular flexibility index (Phi) is 8.61. The van der Waals surface area contributed by atoms with Crippen molar-refractivity contribution in [2.45, 2.75) is 69.3 Å². The second-order valence-electron chi connectivity index (χ2n) is 11.5. The van der Waals surface area contributed by atoms with E-state index in [0.29, 0.717) is 5.56 Å². The number of carbonyl (C=O) groups excluding carboxylic acids is 2. The van der Waals surface area contributed by atoms with Crippen LogP contribution < -0.4 is 5.32 Å². The molecule has 3 amide bonds. The van der Waals surface area contributed by atoms with E-state index in [1.807, 2.05) is 0 Å². The van der Waals surface area contributed by atoms with Crippen molar-refractivity contribution >= 4 is 29.7 Å². The molecule has 3 N–H and O–H groups in total. The number of carboxylic acids is 1. The molecular formula is C29H28F5N5O7. The van der Waals surface area contributed by atoms with Crippen LogP contribution in [0.2, 0.25) is 0 Å². The van der Waals surface area contributed by atoms with Crippen LogP contribution in [0.4, 0.5) is 31.5 Å². The van der Waals surface area contributed by atoms with Gasteiger partial charge in [0.25, 0.3) is 0 Å². The standard InChI is InChI=1S/C29H28F5N5O7/c30-28(31)8-6-18(7-9-28)22(37-25(43)46-15-16-4-2-1-3-5-16)19-14-38-21(36-19)10-17(13-35-38)11-27(24(41)42)12-20(29(32,33)34)39(23(27)40)26(44)45/h1-5,10,13-14,18,20,22H,6-9,11-12,15H2,(H,37,43)(H,41,42)(H,44,45)/t20-,22?,27?/m0/s1. The highest BCUT2D eigenvalue weighted by Crippen LogP contribution is 2.46. The summed E-state index contributed by atoms with van der Waals surface area (Å²) >= 11 is 0. The molecule has 0 spiro atoms. The fourth-order valence-electron chi connectivity index (χ4n) is 6.02. The van der Waals surface area contributed by atoms with Gasteiger partial charge in [0.1, 0.15) is 12.6 Å². The molecule has 1 aliphatic carbocycles. The number of fused-ring (bicyclic) bond motifs is 1. The van der Waals surface area contributed by atoms with Crippen LogP contribution in [0.25, 0.3) is 5.65 Å². The van der Waals surface area contributed by atoms with Crippen LogP contribution in [0.15, 0.2) is 48.8 Å². The summed E-state index contributed by atoms with van der Waals surface area (Å²) in [6.07, 6.45) is -8.67. The van der Waals surface area contributed by atoms with Crippen molar-refractivity contribution in [3.05, 3.63) is 65.6 Å². The smallest absolute Gasteiger partial charge is 0.414 e. The number of alkyl carbamates (subject to hydrolysis) is 1. The summed E-state index contributed by atoms with van der Waals surface area (Å²) < 4.78 is 75.4. The van der Waals surface area contributed by atoms with E-state index in [4.69, 9.17) is 4.74 Å². The average molecular weight is 654 g/mol. The average Bonchev–Trinajstić information content (AvgIpc) is 3.54. The molecule has 3 atom stereocenters. The number of nitrogens with zero attached hydrogens (tertiary/aromatic N) is 4. The number of nitrogens with one attached hydrogen (secondary N) is 1. The lowest BCUT2D eigenvalue weighted by Gasteiger charge is -2.33. The maximum Gasteiger partial charge on any atom is 0.414 e. The first kappa shape index (κ1) is 32.6. The summed E-state index contributed by atoms with van der Waals surface area (Å²) in [6.45, 7) is -0.0588. The Hall–Kier alpha value is -4.83. The fraction of sp³-hybridized carbons (Fsp3) is 0.448. The maximum atomic E-state index is 14.0. The molecule has 2 fully saturated rings. The second kappa shape index (κ2) is 12.2. The molecule has 2 aliphatic rings. The van der Waals surface area contributed by atoms with Crippen LogP contribution in [0.1, 0.15) is 55.0 Å². The number of aromatic nitrogens is 3. The van der Waals surface area contributed by atoms with Gasteiger partial charge < -0.3 is 20.3 Å². The number of alkyl halides is 5. The maximum absolute atomic E-state index is 14.0. The van der Waals surface area contributed by atoms with Crippen LogP contribution in [0.3, 0.4) is 0 Å². The lowest BCUT2D eigenvalue weighted by molar-refractivity contribution is -0.175. The van der Waals surface area contributed by atoms with Crippen LogP contribution >= 0.6 is 0 Å². The van der Waals surface area contributed by atoms with Crippen LogP contribution in [-0.2, 0) is 27.4 Å². The number of benzene rings is 1. The first-order valence-corrected chi connectivity index (χ1v) is 14.2. The van der Waals surface area contributed by atoms with Gasteiger partial charge in [0.2, 0.25) is 11.8 Å². The molecule has 12 nitrogen and oxygen atoms in total. The van der Waals surface area contributed by atoms with Gasteiger partial charge >= 0.3 is 24.3 Å². The first-order valence-electron chi connectivity index (χ1n) is 14.2. The van der Waals surface area contributed by atoms with Gasteiger partial charge in [0.05, 0.1) is 24.1 Å². The van der Waals surface area contributed by atoms with E-state index >= 15 is 0 Å². The number of imidazole rings is 1. The Morgan fingerprint density at radius 3 is 2.35 bits per heavy atom. The highest BCUT2D eigenvalue weighted by molar-refractivity contribution is 6.09. The molecule has 246 valence electrons. The van der Waals surface area contributed by atoms with Crippen molar-refractivity contribution < 1.29 is 56.1 Å². The van der Waals surface area contributed by atoms with Gasteiger partial charge in [-0.25, -0.2) is 32.8 Å². The van der Waals surface area contributed by atoms with Crippen molar-refractivity contribution in [2.24, 2.45) is 11.3 Å². The zero-order valence-corrected chi connectivity index (χ0v) is 23.9. The normalized spacial score (nSPS) is 22.5. The summed E-state index contributed by atoms with van der Waals surface area (Å²) in [5, 5.41) is 26.0. The Bertz CT molecular complexity index is 1640. The molecule has 2 aromatic heterocycles. The van der Waals surface area contributed by atoms with E-state index in [0.717, 1.165) is 6.20 Å². The summed E-state index contributed by atoms with van der Waals surface area (Å²) in [7, 11) is 0. The number of rotatable bonds is 8. The Morgan fingerprint density at radius 1 is 1.09 bits per heavy atom. The SMILES string of the molecule is O=C(NC(c1cn2ncc(CC3(C(=O)O)C[C@@H](C(F)(F)F)N(C(=O)O)C3=O)cc2n1)C1CCC(F)(F)CC1)OCc1ccccc1. The minimum absolute atomic E-state index is 0.0300. The van der Waals surface area contributed by atoms with E-state index in [1.165, 1.54) is 16.8 Å². The monoisotopic (exact) mass is 653 g/mol. The van der Waals surface area contributed by atoms with Gasteiger partial charge in [-0.2, -0.15) is 18.3 Å². The molecule has 1 aliphatic heterocycles. The molecule has 2 unspecified atom stereocenters. The predicted octanol–water partition coefficient (Wildman–Crippen LogP) is 4.98. The third-order valence-corrected chi connectivity index (χ3v) is 8.41. The fourth-order valence-corrected chi connectivity index (χ4v) is 6.02. The van der Waals surface area contributed by atoms with E-state index < -0.39 is 90.2 Å². The molecule has 5 rings (SSSR count). The number of halogens is 5. The number of ether oxygens (including phenoxy) is 1. The van der Waals surface area contributed by atoms with Gasteiger partial charge in [0, 0.05) is 19.3 Å². The van der Waals surface area contributed by atoms with Crippen molar-refractivity contribution in [1.82, 2.24) is 24.8 Å². The Labute approximate surface area is 257 Å². The molecule has 1 saturated heterocycles. The third-order valence-electron chi connectivity index (χ3n) is 8.41. The van der Waals surface area contributed by atoms with Gasteiger partial charge in [-0.1, -0.05) is 30.3 Å². The molecule has 1 saturated carbocycles. The number of imide groups is 1. The molecule has 3 aromatic rings. The van der Waals surface area contributed by atoms with Gasteiger partial charge in [-0.15, -0.1) is 0 Å². The first-order chi connectivity index (χ1) is 21.6. The van der Waals surface area contributed by atoms with Crippen molar-refractivity contribution in [2.75, 3.05) is 0 Å². The zero-order chi connectivity index (χ0) is 33.4. The predicted molar refractivity (Wildman–Crippen MR) is 145 cm³/mol.